The van der Waals surface area contributed by atoms with E-state index in [0.29, 0.717) is 30.7 Å². The lowest BCUT2D eigenvalue weighted by Gasteiger charge is -2.42. The Labute approximate surface area is 185 Å². The molecule has 1 aliphatic carbocycles. The Bertz CT molecular complexity index is 1250. The molecule has 11 heteroatoms. The van der Waals surface area contributed by atoms with Crippen LogP contribution in [0, 0.1) is 5.82 Å². The second kappa shape index (κ2) is 7.89. The number of halogens is 2. The van der Waals surface area contributed by atoms with Crippen molar-refractivity contribution in [2.45, 2.75) is 49.5 Å². The average molecular weight is 461 g/mol. The lowest BCUT2D eigenvalue weighted by Crippen LogP contribution is -2.47. The molecule has 3 aromatic rings. The second-order valence-corrected chi connectivity index (χ2v) is 8.97. The molecule has 32 heavy (non-hydrogen) atoms. The van der Waals surface area contributed by atoms with Crippen LogP contribution in [-0.4, -0.2) is 35.8 Å². The van der Waals surface area contributed by atoms with Crippen molar-refractivity contribution in [3.05, 3.63) is 36.3 Å². The normalized spacial score (nSPS) is 18.5. The van der Waals surface area contributed by atoms with Crippen molar-refractivity contribution < 1.29 is 17.5 Å². The molecule has 0 amide bonds. The second-order valence-electron chi connectivity index (χ2n) is 8.03. The SMILES string of the molecule is CCN1N=C(F)C2(CCCCC2)n2c1cc1cnc(Nc3ccc(S(=O)O)c(F)c3)nc12. The molecular formula is C21H22F2N6O2S. The number of anilines is 3. The molecule has 1 fully saturated rings. The standard InChI is InChI=1S/C21H22F2N6O2S/c1-2-28-17-10-13-12-24-20(25-14-6-7-16(32(30)31)15(22)11-14)26-18(13)29(17)21(19(23)27-28)8-4-3-5-9-21/h6-7,10-12H,2-5,8-9H2,1H3,(H,30,31)(H,24,25,26). The molecule has 0 radical (unpaired) electrons. The zero-order valence-electron chi connectivity index (χ0n) is 17.4. The predicted octanol–water partition coefficient (Wildman–Crippen LogP) is 4.68. The third-order valence-corrected chi connectivity index (χ3v) is 6.87. The summed E-state index contributed by atoms with van der Waals surface area (Å²) in [5, 5.41) is 9.57. The number of hydrazone groups is 1. The largest absolute Gasteiger partial charge is 0.324 e. The van der Waals surface area contributed by atoms with Crippen molar-refractivity contribution in [3.63, 3.8) is 0 Å². The van der Waals surface area contributed by atoms with Crippen molar-refractivity contribution >= 4 is 45.5 Å². The maximum Gasteiger partial charge on any atom is 0.233 e. The molecular weight excluding hydrogens is 438 g/mol. The monoisotopic (exact) mass is 460 g/mol. The Hall–Kier alpha value is -2.92. The molecule has 8 nitrogen and oxygen atoms in total. The number of hydrogen-bond donors (Lipinski definition) is 2. The van der Waals surface area contributed by atoms with Crippen molar-refractivity contribution in [1.82, 2.24) is 14.5 Å². The summed E-state index contributed by atoms with van der Waals surface area (Å²) in [6.45, 7) is 2.42. The van der Waals surface area contributed by atoms with Gasteiger partial charge in [0.1, 0.15) is 27.7 Å². The summed E-state index contributed by atoms with van der Waals surface area (Å²) in [7, 11) is 0. The summed E-state index contributed by atoms with van der Waals surface area (Å²) in [5.41, 5.74) is 0.0548. The molecule has 2 aromatic heterocycles. The molecule has 1 saturated carbocycles. The van der Waals surface area contributed by atoms with Gasteiger partial charge in [0.15, 0.2) is 11.1 Å². The van der Waals surface area contributed by atoms with E-state index in [9.17, 15) is 8.60 Å². The van der Waals surface area contributed by atoms with Gasteiger partial charge < -0.3 is 9.87 Å². The molecule has 1 aliphatic heterocycles. The molecule has 3 heterocycles. The molecule has 1 aromatic carbocycles. The van der Waals surface area contributed by atoms with E-state index in [1.807, 2.05) is 17.6 Å². The highest BCUT2D eigenvalue weighted by Gasteiger charge is 2.46. The van der Waals surface area contributed by atoms with E-state index in [-0.39, 0.29) is 10.8 Å². The van der Waals surface area contributed by atoms with Crippen LogP contribution in [0.4, 0.5) is 26.2 Å². The molecule has 1 atom stereocenters. The Balaban J connectivity index is 1.60. The first-order valence-corrected chi connectivity index (χ1v) is 11.6. The first-order chi connectivity index (χ1) is 15.4. The van der Waals surface area contributed by atoms with E-state index in [2.05, 4.69) is 20.4 Å². The average Bonchev–Trinajstić information content (AvgIpc) is 3.16. The summed E-state index contributed by atoms with van der Waals surface area (Å²) in [6.07, 6.45) is 5.81. The van der Waals surface area contributed by atoms with Gasteiger partial charge in [-0.15, -0.1) is 5.10 Å². The Morgan fingerprint density at radius 3 is 2.69 bits per heavy atom. The van der Waals surface area contributed by atoms with Gasteiger partial charge in [0.25, 0.3) is 0 Å². The number of aromatic nitrogens is 3. The first kappa shape index (κ1) is 21.0. The summed E-state index contributed by atoms with van der Waals surface area (Å²) < 4.78 is 51.7. The van der Waals surface area contributed by atoms with E-state index >= 15 is 4.39 Å². The molecule has 1 unspecified atom stereocenters. The summed E-state index contributed by atoms with van der Waals surface area (Å²) in [5.74, 6) is -0.215. The Kier molecular flexibility index (Phi) is 5.17. The first-order valence-electron chi connectivity index (χ1n) is 10.5. The topological polar surface area (TPSA) is 95.6 Å². The van der Waals surface area contributed by atoms with Gasteiger partial charge in [-0.05, 0) is 44.0 Å². The van der Waals surface area contributed by atoms with Crippen LogP contribution in [0.25, 0.3) is 11.0 Å². The van der Waals surface area contributed by atoms with Crippen molar-refractivity contribution in [2.24, 2.45) is 5.10 Å². The summed E-state index contributed by atoms with van der Waals surface area (Å²) in [6, 6.07) is 5.73. The fraction of sp³-hybridized carbons (Fsp3) is 0.381. The van der Waals surface area contributed by atoms with E-state index in [0.717, 1.165) is 36.5 Å². The zero-order chi connectivity index (χ0) is 22.5. The van der Waals surface area contributed by atoms with Crippen LogP contribution in [0.1, 0.15) is 39.0 Å². The van der Waals surface area contributed by atoms with Crippen LogP contribution >= 0.6 is 0 Å². The maximum absolute atomic E-state index is 15.4. The quantitative estimate of drug-likeness (QED) is 0.549. The lowest BCUT2D eigenvalue weighted by molar-refractivity contribution is 0.262. The minimum Gasteiger partial charge on any atom is -0.324 e. The number of benzene rings is 1. The molecule has 168 valence electrons. The third kappa shape index (κ3) is 3.27. The zero-order valence-corrected chi connectivity index (χ0v) is 18.2. The number of nitrogens with one attached hydrogen (secondary N) is 1. The van der Waals surface area contributed by atoms with Crippen molar-refractivity contribution in [1.29, 1.82) is 0 Å². The highest BCUT2D eigenvalue weighted by molar-refractivity contribution is 7.79. The van der Waals surface area contributed by atoms with Gasteiger partial charge in [-0.3, -0.25) is 4.57 Å². The van der Waals surface area contributed by atoms with E-state index in [1.165, 1.54) is 12.1 Å². The van der Waals surface area contributed by atoms with Crippen molar-refractivity contribution in [3.8, 4) is 0 Å². The van der Waals surface area contributed by atoms with E-state index in [4.69, 9.17) is 4.55 Å². The molecule has 1 spiro atoms. The molecule has 2 N–H and O–H groups in total. The molecule has 0 saturated heterocycles. The van der Waals surface area contributed by atoms with Crippen LogP contribution in [0.15, 0.2) is 40.5 Å². The fourth-order valence-corrected chi connectivity index (χ4v) is 5.05. The van der Waals surface area contributed by atoms with E-state index < -0.39 is 28.4 Å². The Morgan fingerprint density at radius 2 is 2.00 bits per heavy atom. The maximum atomic E-state index is 15.4. The van der Waals surface area contributed by atoms with Crippen LogP contribution in [-0.2, 0) is 16.6 Å². The summed E-state index contributed by atoms with van der Waals surface area (Å²) in [4.78, 5) is 8.66. The van der Waals surface area contributed by atoms with Gasteiger partial charge in [-0.2, -0.15) is 9.37 Å². The number of fused-ring (bicyclic) bond motifs is 4. The minimum atomic E-state index is -2.41. The van der Waals surface area contributed by atoms with E-state index in [1.54, 1.807) is 11.2 Å². The smallest absolute Gasteiger partial charge is 0.233 e. The highest BCUT2D eigenvalue weighted by Crippen LogP contribution is 2.45. The Morgan fingerprint density at radius 1 is 1.22 bits per heavy atom. The van der Waals surface area contributed by atoms with Crippen LogP contribution < -0.4 is 10.3 Å². The minimum absolute atomic E-state index is 0.215. The van der Waals surface area contributed by atoms with Crippen LogP contribution in [0.5, 0.6) is 0 Å². The lowest BCUT2D eigenvalue weighted by atomic mass is 9.81. The molecule has 0 bridgehead atoms. The van der Waals surface area contributed by atoms with Gasteiger partial charge in [-0.25, -0.2) is 18.6 Å². The van der Waals surface area contributed by atoms with Crippen LogP contribution in [0.2, 0.25) is 0 Å². The van der Waals surface area contributed by atoms with Crippen molar-refractivity contribution in [2.75, 3.05) is 16.9 Å². The fourth-order valence-electron chi connectivity index (χ4n) is 4.64. The van der Waals surface area contributed by atoms with Crippen LogP contribution in [0.3, 0.4) is 0 Å². The molecule has 5 rings (SSSR count). The third-order valence-electron chi connectivity index (χ3n) is 6.16. The van der Waals surface area contributed by atoms with Gasteiger partial charge in [0.05, 0.1) is 0 Å². The van der Waals surface area contributed by atoms with Gasteiger partial charge in [0, 0.05) is 23.8 Å². The number of hydrogen-bond acceptors (Lipinski definition) is 6. The molecule has 2 aliphatic rings. The van der Waals surface area contributed by atoms with Gasteiger partial charge in [0.2, 0.25) is 11.9 Å². The van der Waals surface area contributed by atoms with Gasteiger partial charge >= 0.3 is 0 Å². The highest BCUT2D eigenvalue weighted by atomic mass is 32.2. The summed E-state index contributed by atoms with van der Waals surface area (Å²) >= 11 is -2.41. The number of rotatable bonds is 4. The number of nitrogens with zero attached hydrogens (tertiary/aromatic N) is 5. The predicted molar refractivity (Wildman–Crippen MR) is 119 cm³/mol. The van der Waals surface area contributed by atoms with Gasteiger partial charge in [-0.1, -0.05) is 19.3 Å².